The molecule has 15 heavy (non-hydrogen) atoms. The molecule has 2 unspecified atom stereocenters. The summed E-state index contributed by atoms with van der Waals surface area (Å²) in [6.45, 7) is 0.623. The highest BCUT2D eigenvalue weighted by atomic mass is 16.6. The summed E-state index contributed by atoms with van der Waals surface area (Å²) in [4.78, 5) is 37.3. The lowest BCUT2D eigenvalue weighted by Crippen LogP contribution is -2.39. The van der Waals surface area contributed by atoms with Gasteiger partial charge in [-0.1, -0.05) is 0 Å². The van der Waals surface area contributed by atoms with Crippen LogP contribution in [-0.2, 0) is 19.2 Å². The Kier molecular flexibility index (Phi) is 4.38. The minimum absolute atomic E-state index is 0.0726. The summed E-state index contributed by atoms with van der Waals surface area (Å²) in [6.07, 6.45) is 1.22. The number of amides is 1. The van der Waals surface area contributed by atoms with Gasteiger partial charge in [-0.3, -0.25) is 14.4 Å². The molecule has 1 amide bonds. The van der Waals surface area contributed by atoms with Crippen LogP contribution in [0.4, 0.5) is 0 Å². The van der Waals surface area contributed by atoms with Gasteiger partial charge in [-0.15, -0.1) is 0 Å². The SMILES string of the molecule is CONC(CC1CCNC1=O)C(=O)C=O. The lowest BCUT2D eigenvalue weighted by atomic mass is 9.97. The van der Waals surface area contributed by atoms with Gasteiger partial charge in [0, 0.05) is 12.5 Å². The third kappa shape index (κ3) is 3.10. The van der Waals surface area contributed by atoms with E-state index in [0.717, 1.165) is 0 Å². The van der Waals surface area contributed by atoms with Crippen LogP contribution in [0.5, 0.6) is 0 Å². The third-order valence-corrected chi connectivity index (χ3v) is 2.40. The summed E-state index contributed by atoms with van der Waals surface area (Å²) in [6, 6.07) is -0.735. The fraction of sp³-hybridized carbons (Fsp3) is 0.667. The van der Waals surface area contributed by atoms with Crippen LogP contribution in [0.3, 0.4) is 0 Å². The van der Waals surface area contributed by atoms with E-state index < -0.39 is 11.8 Å². The van der Waals surface area contributed by atoms with Gasteiger partial charge in [-0.25, -0.2) is 0 Å². The molecule has 1 heterocycles. The molecule has 0 aliphatic carbocycles. The zero-order valence-corrected chi connectivity index (χ0v) is 8.49. The molecule has 1 aliphatic rings. The van der Waals surface area contributed by atoms with Crippen molar-refractivity contribution in [1.29, 1.82) is 0 Å². The lowest BCUT2D eigenvalue weighted by molar-refractivity contribution is -0.134. The Balaban J connectivity index is 2.53. The van der Waals surface area contributed by atoms with Crippen LogP contribution in [0.1, 0.15) is 12.8 Å². The second-order valence-corrected chi connectivity index (χ2v) is 3.41. The van der Waals surface area contributed by atoms with Crippen LogP contribution in [0.25, 0.3) is 0 Å². The monoisotopic (exact) mass is 214 g/mol. The molecular formula is C9H14N2O4. The molecule has 1 fully saturated rings. The fourth-order valence-corrected chi connectivity index (χ4v) is 1.60. The molecule has 0 aromatic rings. The zero-order chi connectivity index (χ0) is 11.3. The number of hydroxylamine groups is 1. The van der Waals surface area contributed by atoms with Gasteiger partial charge in [0.15, 0.2) is 6.29 Å². The maximum absolute atomic E-state index is 11.2. The molecule has 84 valence electrons. The molecule has 1 aliphatic heterocycles. The van der Waals surface area contributed by atoms with Crippen LogP contribution in [0.15, 0.2) is 0 Å². The molecule has 1 saturated heterocycles. The van der Waals surface area contributed by atoms with E-state index in [1.165, 1.54) is 7.11 Å². The van der Waals surface area contributed by atoms with Crippen molar-refractivity contribution in [1.82, 2.24) is 10.8 Å². The summed E-state index contributed by atoms with van der Waals surface area (Å²) >= 11 is 0. The minimum Gasteiger partial charge on any atom is -0.356 e. The van der Waals surface area contributed by atoms with Crippen LogP contribution < -0.4 is 10.8 Å². The highest BCUT2D eigenvalue weighted by Crippen LogP contribution is 2.16. The second kappa shape index (κ2) is 5.57. The molecule has 0 saturated carbocycles. The van der Waals surface area contributed by atoms with Gasteiger partial charge < -0.3 is 10.2 Å². The van der Waals surface area contributed by atoms with E-state index >= 15 is 0 Å². The van der Waals surface area contributed by atoms with Crippen molar-refractivity contribution in [3.8, 4) is 0 Å². The fourth-order valence-electron chi connectivity index (χ4n) is 1.60. The van der Waals surface area contributed by atoms with E-state index in [1.54, 1.807) is 0 Å². The minimum atomic E-state index is -0.735. The highest BCUT2D eigenvalue weighted by Gasteiger charge is 2.30. The van der Waals surface area contributed by atoms with Crippen LogP contribution in [-0.4, -0.2) is 37.7 Å². The van der Waals surface area contributed by atoms with E-state index in [9.17, 15) is 14.4 Å². The number of Topliss-reactive ketones (excluding diaryl/α,β-unsaturated/α-hetero) is 1. The quantitative estimate of drug-likeness (QED) is 0.329. The molecule has 0 spiro atoms. The van der Waals surface area contributed by atoms with Crippen molar-refractivity contribution in [3.63, 3.8) is 0 Å². The number of hydrogen-bond donors (Lipinski definition) is 2. The van der Waals surface area contributed by atoms with E-state index in [1.807, 2.05) is 0 Å². The number of nitrogens with one attached hydrogen (secondary N) is 2. The van der Waals surface area contributed by atoms with E-state index in [0.29, 0.717) is 13.0 Å². The predicted octanol–water partition coefficient (Wildman–Crippen LogP) is -1.20. The maximum Gasteiger partial charge on any atom is 0.223 e. The number of rotatable bonds is 6. The predicted molar refractivity (Wildman–Crippen MR) is 50.7 cm³/mol. The highest BCUT2D eigenvalue weighted by molar-refractivity contribution is 6.27. The van der Waals surface area contributed by atoms with Crippen molar-refractivity contribution in [3.05, 3.63) is 0 Å². The Morgan fingerprint density at radius 2 is 2.53 bits per heavy atom. The number of hydrogen-bond acceptors (Lipinski definition) is 5. The number of ketones is 1. The standard InChI is InChI=1S/C9H14N2O4/c1-15-11-7(8(13)5-12)4-6-2-3-10-9(6)14/h5-7,11H,2-4H2,1H3,(H,10,14). The molecule has 1 rings (SSSR count). The number of carbonyl (C=O) groups excluding carboxylic acids is 3. The van der Waals surface area contributed by atoms with Crippen molar-refractivity contribution >= 4 is 18.0 Å². The summed E-state index contributed by atoms with van der Waals surface area (Å²) < 4.78 is 0. The maximum atomic E-state index is 11.2. The summed E-state index contributed by atoms with van der Waals surface area (Å²) in [5.41, 5.74) is 2.42. The average Bonchev–Trinajstić information content (AvgIpc) is 2.63. The Labute approximate surface area is 87.3 Å². The van der Waals surface area contributed by atoms with Gasteiger partial charge in [0.05, 0.1) is 13.2 Å². The average molecular weight is 214 g/mol. The van der Waals surface area contributed by atoms with E-state index in [-0.39, 0.29) is 24.5 Å². The van der Waals surface area contributed by atoms with E-state index in [2.05, 4.69) is 15.6 Å². The zero-order valence-electron chi connectivity index (χ0n) is 8.49. The summed E-state index contributed by atoms with van der Waals surface area (Å²) in [5, 5.41) is 2.67. The Hall–Kier alpha value is -1.27. The Morgan fingerprint density at radius 3 is 3.00 bits per heavy atom. The molecule has 6 heteroatoms. The van der Waals surface area contributed by atoms with Crippen molar-refractivity contribution in [2.45, 2.75) is 18.9 Å². The molecular weight excluding hydrogens is 200 g/mol. The van der Waals surface area contributed by atoms with Crippen LogP contribution in [0.2, 0.25) is 0 Å². The third-order valence-electron chi connectivity index (χ3n) is 2.40. The van der Waals surface area contributed by atoms with Gasteiger partial charge in [-0.05, 0) is 12.8 Å². The van der Waals surface area contributed by atoms with Gasteiger partial charge in [0.1, 0.15) is 0 Å². The van der Waals surface area contributed by atoms with Crippen molar-refractivity contribution in [2.75, 3.05) is 13.7 Å². The lowest BCUT2D eigenvalue weighted by Gasteiger charge is -2.15. The Bertz CT molecular complexity index is 267. The van der Waals surface area contributed by atoms with Crippen LogP contribution >= 0.6 is 0 Å². The van der Waals surface area contributed by atoms with Gasteiger partial charge >= 0.3 is 0 Å². The largest absolute Gasteiger partial charge is 0.356 e. The van der Waals surface area contributed by atoms with Gasteiger partial charge in [0.2, 0.25) is 11.7 Å². The molecule has 6 nitrogen and oxygen atoms in total. The Morgan fingerprint density at radius 1 is 1.80 bits per heavy atom. The molecule has 2 N–H and O–H groups in total. The first kappa shape index (κ1) is 11.8. The van der Waals surface area contributed by atoms with E-state index in [4.69, 9.17) is 0 Å². The topological polar surface area (TPSA) is 84.5 Å². The first-order valence-electron chi connectivity index (χ1n) is 4.74. The molecule has 0 radical (unpaired) electrons. The van der Waals surface area contributed by atoms with Crippen LogP contribution in [0, 0.1) is 5.92 Å². The molecule has 2 atom stereocenters. The smallest absolute Gasteiger partial charge is 0.223 e. The first-order chi connectivity index (χ1) is 7.19. The number of aldehydes is 1. The summed E-state index contributed by atoms with van der Waals surface area (Å²) in [5.74, 6) is -0.894. The van der Waals surface area contributed by atoms with Crippen molar-refractivity contribution in [2.24, 2.45) is 5.92 Å². The normalized spacial score (nSPS) is 22.2. The molecule has 0 aromatic heterocycles. The second-order valence-electron chi connectivity index (χ2n) is 3.41. The first-order valence-corrected chi connectivity index (χ1v) is 4.74. The molecule has 0 bridgehead atoms. The van der Waals surface area contributed by atoms with Crippen molar-refractivity contribution < 1.29 is 19.2 Å². The molecule has 0 aromatic carbocycles. The number of carbonyl (C=O) groups is 3. The van der Waals surface area contributed by atoms with Gasteiger partial charge in [0.25, 0.3) is 0 Å². The van der Waals surface area contributed by atoms with Gasteiger partial charge in [-0.2, -0.15) is 5.48 Å². The summed E-state index contributed by atoms with van der Waals surface area (Å²) in [7, 11) is 1.36.